The Labute approximate surface area is 206 Å². The average molecular weight is 485 g/mol. The van der Waals surface area contributed by atoms with Gasteiger partial charge in [-0.25, -0.2) is 4.98 Å². The molecule has 9 heteroatoms. The van der Waals surface area contributed by atoms with E-state index in [2.05, 4.69) is 25.4 Å². The first kappa shape index (κ1) is 22.8. The lowest BCUT2D eigenvalue weighted by molar-refractivity contribution is 0.0651. The van der Waals surface area contributed by atoms with Gasteiger partial charge in [0.1, 0.15) is 10.7 Å². The SMILES string of the molecule is CC(C)(O)CCn1cc2cc(NC(=O)c3csc(-c4ccncc4)n3)c(-c3cccnc3)cc2n1. The molecule has 8 nitrogen and oxygen atoms in total. The van der Waals surface area contributed by atoms with Gasteiger partial charge in [0, 0.05) is 70.7 Å². The van der Waals surface area contributed by atoms with Crippen molar-refractivity contribution in [1.82, 2.24) is 24.7 Å². The largest absolute Gasteiger partial charge is 0.390 e. The Morgan fingerprint density at radius 2 is 1.94 bits per heavy atom. The molecule has 1 amide bonds. The van der Waals surface area contributed by atoms with Crippen molar-refractivity contribution in [2.45, 2.75) is 32.4 Å². The van der Waals surface area contributed by atoms with Crippen molar-refractivity contribution >= 4 is 33.8 Å². The maximum absolute atomic E-state index is 13.2. The molecule has 4 heterocycles. The normalized spacial score (nSPS) is 11.6. The van der Waals surface area contributed by atoms with Crippen molar-refractivity contribution in [2.24, 2.45) is 0 Å². The van der Waals surface area contributed by atoms with E-state index >= 15 is 0 Å². The Hall–Kier alpha value is -3.95. The molecule has 176 valence electrons. The van der Waals surface area contributed by atoms with Crippen LogP contribution in [0.25, 0.3) is 32.6 Å². The van der Waals surface area contributed by atoms with Crippen LogP contribution >= 0.6 is 11.3 Å². The third kappa shape index (κ3) is 5.26. The number of amides is 1. The van der Waals surface area contributed by atoms with E-state index in [-0.39, 0.29) is 5.91 Å². The number of benzene rings is 1. The van der Waals surface area contributed by atoms with Crippen LogP contribution in [0, 0.1) is 0 Å². The summed E-state index contributed by atoms with van der Waals surface area (Å²) in [4.78, 5) is 25.9. The number of nitrogens with zero attached hydrogens (tertiary/aromatic N) is 5. The second-order valence-electron chi connectivity index (χ2n) is 8.88. The number of nitrogens with one attached hydrogen (secondary N) is 1. The molecular formula is C26H24N6O2S. The molecule has 35 heavy (non-hydrogen) atoms. The van der Waals surface area contributed by atoms with Crippen LogP contribution < -0.4 is 5.32 Å². The second kappa shape index (κ2) is 9.36. The molecule has 5 aromatic rings. The van der Waals surface area contributed by atoms with Crippen LogP contribution in [0.5, 0.6) is 0 Å². The molecule has 0 aliphatic rings. The lowest BCUT2D eigenvalue weighted by Gasteiger charge is -2.16. The van der Waals surface area contributed by atoms with Crippen LogP contribution in [0.1, 0.15) is 30.8 Å². The van der Waals surface area contributed by atoms with Gasteiger partial charge in [-0.2, -0.15) is 5.10 Å². The van der Waals surface area contributed by atoms with Crippen molar-refractivity contribution < 1.29 is 9.90 Å². The number of fused-ring (bicyclic) bond motifs is 1. The zero-order valence-corrected chi connectivity index (χ0v) is 20.2. The second-order valence-corrected chi connectivity index (χ2v) is 9.74. The minimum absolute atomic E-state index is 0.291. The summed E-state index contributed by atoms with van der Waals surface area (Å²) < 4.78 is 1.82. The third-order valence-electron chi connectivity index (χ3n) is 5.53. The zero-order chi connectivity index (χ0) is 24.4. The van der Waals surface area contributed by atoms with E-state index in [4.69, 9.17) is 0 Å². The fourth-order valence-electron chi connectivity index (χ4n) is 3.68. The molecule has 2 N–H and O–H groups in total. The van der Waals surface area contributed by atoms with E-state index < -0.39 is 5.60 Å². The predicted octanol–water partition coefficient (Wildman–Crippen LogP) is 5.03. The van der Waals surface area contributed by atoms with Gasteiger partial charge in [0.25, 0.3) is 5.91 Å². The topological polar surface area (TPSA) is 106 Å². The minimum atomic E-state index is -0.777. The number of carbonyl (C=O) groups excluding carboxylic acids is 1. The Balaban J connectivity index is 1.48. The number of hydrogen-bond acceptors (Lipinski definition) is 7. The average Bonchev–Trinajstić information content (AvgIpc) is 3.50. The highest BCUT2D eigenvalue weighted by Crippen LogP contribution is 2.33. The van der Waals surface area contributed by atoms with Crippen molar-refractivity contribution in [3.05, 3.63) is 78.5 Å². The highest BCUT2D eigenvalue weighted by Gasteiger charge is 2.17. The summed E-state index contributed by atoms with van der Waals surface area (Å²) in [6.45, 7) is 4.14. The summed E-state index contributed by atoms with van der Waals surface area (Å²) in [5, 5.41) is 21.2. The van der Waals surface area contributed by atoms with Crippen LogP contribution in [0.3, 0.4) is 0 Å². The standard InChI is InChI=1S/C26H24N6O2S/c1-26(2,34)7-11-32-15-19-12-22(20(13-21(19)31-32)18-4-3-8-28-14-18)29-24(33)23-16-35-25(30-23)17-5-9-27-10-6-17/h3-6,8-10,12-16,34H,7,11H2,1-2H3,(H,29,33). The van der Waals surface area contributed by atoms with E-state index in [0.717, 1.165) is 32.6 Å². The molecule has 0 aliphatic heterocycles. The highest BCUT2D eigenvalue weighted by molar-refractivity contribution is 7.13. The van der Waals surface area contributed by atoms with Gasteiger partial charge in [-0.1, -0.05) is 6.07 Å². The third-order valence-corrected chi connectivity index (χ3v) is 6.42. The Morgan fingerprint density at radius 3 is 2.69 bits per heavy atom. The van der Waals surface area contributed by atoms with Crippen molar-refractivity contribution in [3.8, 4) is 21.7 Å². The van der Waals surface area contributed by atoms with E-state index in [1.807, 2.05) is 47.3 Å². The number of aryl methyl sites for hydroxylation is 1. The number of rotatable bonds is 7. The molecule has 0 spiro atoms. The lowest BCUT2D eigenvalue weighted by atomic mass is 10.0. The molecule has 0 aliphatic carbocycles. The van der Waals surface area contributed by atoms with Gasteiger partial charge in [-0.05, 0) is 50.6 Å². The zero-order valence-electron chi connectivity index (χ0n) is 19.3. The number of anilines is 1. The first-order chi connectivity index (χ1) is 16.9. The molecular weight excluding hydrogens is 460 g/mol. The van der Waals surface area contributed by atoms with Crippen LogP contribution in [-0.2, 0) is 6.54 Å². The van der Waals surface area contributed by atoms with Crippen LogP contribution in [0.4, 0.5) is 5.69 Å². The molecule has 4 aromatic heterocycles. The molecule has 0 bridgehead atoms. The Morgan fingerprint density at radius 1 is 1.11 bits per heavy atom. The summed E-state index contributed by atoms with van der Waals surface area (Å²) >= 11 is 1.41. The van der Waals surface area contributed by atoms with Crippen LogP contribution in [0.15, 0.2) is 72.8 Å². The van der Waals surface area contributed by atoms with Gasteiger partial charge in [0.2, 0.25) is 0 Å². The van der Waals surface area contributed by atoms with E-state index in [0.29, 0.717) is 24.3 Å². The molecule has 0 unspecified atom stereocenters. The fourth-order valence-corrected chi connectivity index (χ4v) is 4.49. The number of aliphatic hydroxyl groups is 1. The summed E-state index contributed by atoms with van der Waals surface area (Å²) in [7, 11) is 0. The number of aromatic nitrogens is 5. The van der Waals surface area contributed by atoms with Crippen molar-refractivity contribution in [3.63, 3.8) is 0 Å². The minimum Gasteiger partial charge on any atom is -0.390 e. The summed E-state index contributed by atoms with van der Waals surface area (Å²) in [5.41, 5.74) is 3.62. The fraction of sp³-hybridized carbons (Fsp3) is 0.192. The Bertz CT molecular complexity index is 1470. The van der Waals surface area contributed by atoms with E-state index in [9.17, 15) is 9.90 Å². The maximum atomic E-state index is 13.2. The first-order valence-corrected chi connectivity index (χ1v) is 12.0. The van der Waals surface area contributed by atoms with E-state index in [1.54, 1.807) is 44.0 Å². The van der Waals surface area contributed by atoms with Crippen LogP contribution in [-0.4, -0.2) is 41.3 Å². The molecule has 5 rings (SSSR count). The summed E-state index contributed by atoms with van der Waals surface area (Å²) in [6.07, 6.45) is 9.37. The van der Waals surface area contributed by atoms with Gasteiger partial charge in [0.05, 0.1) is 11.1 Å². The van der Waals surface area contributed by atoms with Gasteiger partial charge < -0.3 is 10.4 Å². The summed E-state index contributed by atoms with van der Waals surface area (Å²) in [5.74, 6) is -0.291. The molecule has 0 atom stereocenters. The lowest BCUT2D eigenvalue weighted by Crippen LogP contribution is -2.21. The first-order valence-electron chi connectivity index (χ1n) is 11.2. The molecule has 0 fully saturated rings. The molecule has 0 radical (unpaired) electrons. The summed E-state index contributed by atoms with van der Waals surface area (Å²) in [6, 6.07) is 11.4. The van der Waals surface area contributed by atoms with Crippen molar-refractivity contribution in [1.29, 1.82) is 0 Å². The van der Waals surface area contributed by atoms with Crippen molar-refractivity contribution in [2.75, 3.05) is 5.32 Å². The highest BCUT2D eigenvalue weighted by atomic mass is 32.1. The van der Waals surface area contributed by atoms with Crippen LogP contribution in [0.2, 0.25) is 0 Å². The Kier molecular flexibility index (Phi) is 6.10. The predicted molar refractivity (Wildman–Crippen MR) is 137 cm³/mol. The molecule has 0 saturated heterocycles. The quantitative estimate of drug-likeness (QED) is 0.336. The number of thiazole rings is 1. The smallest absolute Gasteiger partial charge is 0.275 e. The van der Waals surface area contributed by atoms with E-state index in [1.165, 1.54) is 11.3 Å². The monoisotopic (exact) mass is 484 g/mol. The maximum Gasteiger partial charge on any atom is 0.275 e. The number of pyridine rings is 2. The van der Waals surface area contributed by atoms with Gasteiger partial charge in [-0.15, -0.1) is 11.3 Å². The van der Waals surface area contributed by atoms with Gasteiger partial charge >= 0.3 is 0 Å². The molecule has 1 aromatic carbocycles. The number of carbonyl (C=O) groups is 1. The van der Waals surface area contributed by atoms with Gasteiger partial charge in [-0.3, -0.25) is 19.4 Å². The number of hydrogen-bond donors (Lipinski definition) is 2. The molecule has 0 saturated carbocycles. The van der Waals surface area contributed by atoms with Gasteiger partial charge in [0.15, 0.2) is 0 Å².